The molecule has 0 bridgehead atoms. The monoisotopic (exact) mass is 189 g/mol. The van der Waals surface area contributed by atoms with Gasteiger partial charge in [-0.25, -0.2) is 0 Å². The molecule has 0 aromatic carbocycles. The molecule has 0 aliphatic rings. The van der Waals surface area contributed by atoms with Crippen molar-refractivity contribution in [2.75, 3.05) is 19.8 Å². The Bertz CT molecular complexity index is 98.9. The molecule has 0 radical (unpaired) electrons. The first-order valence-corrected chi connectivity index (χ1v) is 5.24. The SMILES string of the molecule is CCCCCCOC(C)OCCN. The summed E-state index contributed by atoms with van der Waals surface area (Å²) in [7, 11) is 0. The van der Waals surface area contributed by atoms with Crippen LogP contribution in [-0.2, 0) is 9.47 Å². The molecule has 0 aliphatic carbocycles. The zero-order valence-corrected chi connectivity index (χ0v) is 8.92. The maximum atomic E-state index is 5.41. The third-order valence-corrected chi connectivity index (χ3v) is 1.82. The van der Waals surface area contributed by atoms with Crippen LogP contribution in [0.25, 0.3) is 0 Å². The van der Waals surface area contributed by atoms with E-state index in [1.54, 1.807) is 0 Å². The van der Waals surface area contributed by atoms with Gasteiger partial charge in [-0.2, -0.15) is 0 Å². The lowest BCUT2D eigenvalue weighted by Gasteiger charge is -2.13. The molecule has 0 rings (SSSR count). The van der Waals surface area contributed by atoms with Crippen LogP contribution in [0.1, 0.15) is 39.5 Å². The molecule has 80 valence electrons. The van der Waals surface area contributed by atoms with Crippen LogP contribution in [-0.4, -0.2) is 26.0 Å². The average Bonchev–Trinajstić information content (AvgIpc) is 2.14. The largest absolute Gasteiger partial charge is 0.353 e. The smallest absolute Gasteiger partial charge is 0.154 e. The predicted octanol–water partition coefficient (Wildman–Crippen LogP) is 1.90. The zero-order valence-electron chi connectivity index (χ0n) is 8.92. The van der Waals surface area contributed by atoms with E-state index in [2.05, 4.69) is 6.92 Å². The Morgan fingerprint density at radius 1 is 1.08 bits per heavy atom. The van der Waals surface area contributed by atoms with Crippen molar-refractivity contribution in [2.45, 2.75) is 45.8 Å². The molecule has 2 N–H and O–H groups in total. The first-order valence-electron chi connectivity index (χ1n) is 5.24. The standard InChI is InChI=1S/C10H23NO2/c1-3-4-5-6-8-12-10(2)13-9-7-11/h10H,3-9,11H2,1-2H3. The van der Waals surface area contributed by atoms with Crippen molar-refractivity contribution in [1.29, 1.82) is 0 Å². The van der Waals surface area contributed by atoms with E-state index in [4.69, 9.17) is 15.2 Å². The van der Waals surface area contributed by atoms with Gasteiger partial charge in [0.05, 0.1) is 6.61 Å². The summed E-state index contributed by atoms with van der Waals surface area (Å²) in [6.45, 7) is 6.05. The second kappa shape index (κ2) is 9.96. The summed E-state index contributed by atoms with van der Waals surface area (Å²) in [6.07, 6.45) is 4.83. The van der Waals surface area contributed by atoms with Crippen molar-refractivity contribution in [2.24, 2.45) is 5.73 Å². The van der Waals surface area contributed by atoms with E-state index in [0.717, 1.165) is 13.0 Å². The van der Waals surface area contributed by atoms with E-state index in [1.807, 2.05) is 6.92 Å². The van der Waals surface area contributed by atoms with Crippen LogP contribution in [0.2, 0.25) is 0 Å². The third kappa shape index (κ3) is 9.80. The zero-order chi connectivity index (χ0) is 9.94. The normalized spacial score (nSPS) is 13.2. The molecule has 0 amide bonds. The van der Waals surface area contributed by atoms with Crippen molar-refractivity contribution in [3.05, 3.63) is 0 Å². The minimum absolute atomic E-state index is 0.106. The van der Waals surface area contributed by atoms with E-state index in [-0.39, 0.29) is 6.29 Å². The fourth-order valence-electron chi connectivity index (χ4n) is 1.06. The first kappa shape index (κ1) is 12.9. The number of nitrogens with two attached hydrogens (primary N) is 1. The van der Waals surface area contributed by atoms with Gasteiger partial charge in [-0.15, -0.1) is 0 Å². The van der Waals surface area contributed by atoms with Gasteiger partial charge in [0, 0.05) is 13.2 Å². The molecule has 3 nitrogen and oxygen atoms in total. The molecule has 0 saturated carbocycles. The first-order chi connectivity index (χ1) is 6.31. The van der Waals surface area contributed by atoms with Gasteiger partial charge in [-0.1, -0.05) is 26.2 Å². The Balaban J connectivity index is 3.03. The number of hydrogen-bond acceptors (Lipinski definition) is 3. The van der Waals surface area contributed by atoms with Crippen LogP contribution < -0.4 is 5.73 Å². The number of hydrogen-bond donors (Lipinski definition) is 1. The van der Waals surface area contributed by atoms with Gasteiger partial charge in [-0.05, 0) is 13.3 Å². The molecule has 0 aromatic rings. The van der Waals surface area contributed by atoms with Crippen molar-refractivity contribution < 1.29 is 9.47 Å². The highest BCUT2D eigenvalue weighted by molar-refractivity contribution is 4.41. The van der Waals surface area contributed by atoms with Crippen LogP contribution in [0.3, 0.4) is 0 Å². The maximum Gasteiger partial charge on any atom is 0.154 e. The van der Waals surface area contributed by atoms with E-state index in [9.17, 15) is 0 Å². The van der Waals surface area contributed by atoms with E-state index >= 15 is 0 Å². The van der Waals surface area contributed by atoms with Crippen LogP contribution in [0.5, 0.6) is 0 Å². The van der Waals surface area contributed by atoms with Gasteiger partial charge in [0.25, 0.3) is 0 Å². The van der Waals surface area contributed by atoms with Gasteiger partial charge in [0.15, 0.2) is 6.29 Å². The lowest BCUT2D eigenvalue weighted by atomic mass is 10.2. The Morgan fingerprint density at radius 3 is 2.38 bits per heavy atom. The Morgan fingerprint density at radius 2 is 1.77 bits per heavy atom. The highest BCUT2D eigenvalue weighted by Crippen LogP contribution is 2.01. The molecular formula is C10H23NO2. The summed E-state index contributed by atoms with van der Waals surface area (Å²) in [5.41, 5.74) is 5.29. The number of ether oxygens (including phenoxy) is 2. The van der Waals surface area contributed by atoms with Gasteiger partial charge < -0.3 is 15.2 Å². The maximum absolute atomic E-state index is 5.41. The number of rotatable bonds is 9. The van der Waals surface area contributed by atoms with Crippen LogP contribution >= 0.6 is 0 Å². The molecule has 3 heteroatoms. The van der Waals surface area contributed by atoms with Gasteiger partial charge in [0.2, 0.25) is 0 Å². The van der Waals surface area contributed by atoms with Gasteiger partial charge in [0.1, 0.15) is 0 Å². The minimum atomic E-state index is -0.106. The molecule has 0 aromatic heterocycles. The molecular weight excluding hydrogens is 166 g/mol. The molecule has 0 heterocycles. The molecule has 0 spiro atoms. The second-order valence-corrected chi connectivity index (χ2v) is 3.16. The summed E-state index contributed by atoms with van der Waals surface area (Å²) in [6, 6.07) is 0. The molecule has 1 unspecified atom stereocenters. The number of unbranched alkanes of at least 4 members (excludes halogenated alkanes) is 3. The quantitative estimate of drug-likeness (QED) is 0.445. The van der Waals surface area contributed by atoms with Crippen molar-refractivity contribution >= 4 is 0 Å². The molecule has 0 saturated heterocycles. The summed E-state index contributed by atoms with van der Waals surface area (Å²) >= 11 is 0. The molecule has 13 heavy (non-hydrogen) atoms. The fraction of sp³-hybridized carbons (Fsp3) is 1.00. The predicted molar refractivity (Wildman–Crippen MR) is 54.6 cm³/mol. The van der Waals surface area contributed by atoms with Crippen LogP contribution in [0.15, 0.2) is 0 Å². The van der Waals surface area contributed by atoms with E-state index in [1.165, 1.54) is 19.3 Å². The molecule has 1 atom stereocenters. The second-order valence-electron chi connectivity index (χ2n) is 3.16. The highest BCUT2D eigenvalue weighted by atomic mass is 16.7. The summed E-state index contributed by atoms with van der Waals surface area (Å²) in [5, 5.41) is 0. The minimum Gasteiger partial charge on any atom is -0.353 e. The lowest BCUT2D eigenvalue weighted by molar-refractivity contribution is -0.128. The summed E-state index contributed by atoms with van der Waals surface area (Å²) in [4.78, 5) is 0. The van der Waals surface area contributed by atoms with E-state index < -0.39 is 0 Å². The highest BCUT2D eigenvalue weighted by Gasteiger charge is 1.99. The van der Waals surface area contributed by atoms with Gasteiger partial charge >= 0.3 is 0 Å². The average molecular weight is 189 g/mol. The van der Waals surface area contributed by atoms with Crippen LogP contribution in [0, 0.1) is 0 Å². The topological polar surface area (TPSA) is 44.5 Å². The van der Waals surface area contributed by atoms with Crippen molar-refractivity contribution in [3.8, 4) is 0 Å². The van der Waals surface area contributed by atoms with Crippen molar-refractivity contribution in [3.63, 3.8) is 0 Å². The lowest BCUT2D eigenvalue weighted by Crippen LogP contribution is -2.18. The van der Waals surface area contributed by atoms with Crippen molar-refractivity contribution in [1.82, 2.24) is 0 Å². The molecule has 0 aliphatic heterocycles. The fourth-order valence-corrected chi connectivity index (χ4v) is 1.06. The Kier molecular flexibility index (Phi) is 9.87. The summed E-state index contributed by atoms with van der Waals surface area (Å²) < 4.78 is 10.7. The Labute approximate surface area is 81.6 Å². The van der Waals surface area contributed by atoms with Gasteiger partial charge in [-0.3, -0.25) is 0 Å². The molecule has 0 fully saturated rings. The third-order valence-electron chi connectivity index (χ3n) is 1.82. The summed E-state index contributed by atoms with van der Waals surface area (Å²) in [5.74, 6) is 0. The van der Waals surface area contributed by atoms with E-state index in [0.29, 0.717) is 13.2 Å². The van der Waals surface area contributed by atoms with Crippen LogP contribution in [0.4, 0.5) is 0 Å². The Hall–Kier alpha value is -0.120.